The molecule has 0 fully saturated rings. The second-order valence-electron chi connectivity index (χ2n) is 3.27. The van der Waals surface area contributed by atoms with Crippen molar-refractivity contribution in [2.75, 3.05) is 6.54 Å². The number of nitrogens with one attached hydrogen (secondary N) is 1. The molecule has 1 N–H and O–H groups in total. The average Bonchev–Trinajstić information content (AvgIpc) is 2.94. The Balaban J connectivity index is 1.94. The Morgan fingerprint density at radius 2 is 2.50 bits per heavy atom. The van der Waals surface area contributed by atoms with E-state index in [-0.39, 0.29) is 0 Å². The van der Waals surface area contributed by atoms with Crippen LogP contribution in [0.1, 0.15) is 11.8 Å². The highest BCUT2D eigenvalue weighted by Gasteiger charge is 2.00. The fraction of sp³-hybridized carbons (Fsp3) is 0.250. The van der Waals surface area contributed by atoms with Gasteiger partial charge in [0.15, 0.2) is 0 Å². The van der Waals surface area contributed by atoms with Crippen LogP contribution in [-0.2, 0) is 6.54 Å². The van der Waals surface area contributed by atoms with Gasteiger partial charge in [0.1, 0.15) is 0 Å². The van der Waals surface area contributed by atoms with E-state index in [1.807, 2.05) is 24.0 Å². The maximum Gasteiger partial charge on any atom is 0.0991 e. The van der Waals surface area contributed by atoms with Crippen LogP contribution in [0.25, 0.3) is 5.69 Å². The van der Waals surface area contributed by atoms with Crippen molar-refractivity contribution in [3.05, 3.63) is 35.0 Å². The molecular weight excluding hydrogens is 218 g/mol. The number of nitrogens with zero attached hydrogens (tertiary/aromatic N) is 2. The molecule has 2 rings (SSSR count). The van der Waals surface area contributed by atoms with E-state index in [4.69, 9.17) is 0 Å². The van der Waals surface area contributed by atoms with Crippen molar-refractivity contribution in [1.82, 2.24) is 14.9 Å². The van der Waals surface area contributed by atoms with Gasteiger partial charge in [-0.1, -0.05) is 5.92 Å². The molecule has 4 heteroatoms. The third-order valence-corrected chi connectivity index (χ3v) is 3.06. The summed E-state index contributed by atoms with van der Waals surface area (Å²) in [4.78, 5) is 5.34. The molecule has 0 saturated heterocycles. The third-order valence-electron chi connectivity index (χ3n) is 2.13. The fourth-order valence-electron chi connectivity index (χ4n) is 1.35. The first kappa shape index (κ1) is 10.9. The summed E-state index contributed by atoms with van der Waals surface area (Å²) in [5, 5.41) is 5.40. The Bertz CT molecular complexity index is 488. The summed E-state index contributed by atoms with van der Waals surface area (Å²) in [6.07, 6.45) is 5.54. The summed E-state index contributed by atoms with van der Waals surface area (Å²) in [5.74, 6) is 5.84. The lowest BCUT2D eigenvalue weighted by atomic mass is 10.4. The molecule has 0 unspecified atom stereocenters. The number of hydrogen-bond donors (Lipinski definition) is 1. The molecule has 0 radical (unpaired) electrons. The standard InChI is InChI=1S/C12H13N3S/c1-2-3-4-13-8-12-7-11(9-16-12)15-6-5-14-10-15/h5-7,9-10,13H,4,8H2,1H3. The van der Waals surface area contributed by atoms with E-state index in [9.17, 15) is 0 Å². The molecule has 2 heterocycles. The molecule has 0 aromatic carbocycles. The molecule has 0 aliphatic rings. The van der Waals surface area contributed by atoms with Crippen LogP contribution in [0.5, 0.6) is 0 Å². The summed E-state index contributed by atoms with van der Waals surface area (Å²) in [5.41, 5.74) is 1.17. The third kappa shape index (κ3) is 2.72. The number of thiophene rings is 1. The lowest BCUT2D eigenvalue weighted by molar-refractivity contribution is 0.780. The highest BCUT2D eigenvalue weighted by molar-refractivity contribution is 7.10. The van der Waals surface area contributed by atoms with Crippen LogP contribution in [0.4, 0.5) is 0 Å². The van der Waals surface area contributed by atoms with Crippen LogP contribution < -0.4 is 5.32 Å². The zero-order chi connectivity index (χ0) is 11.2. The predicted molar refractivity (Wildman–Crippen MR) is 66.6 cm³/mol. The van der Waals surface area contributed by atoms with Crippen LogP contribution in [-0.4, -0.2) is 16.1 Å². The maximum atomic E-state index is 4.03. The van der Waals surface area contributed by atoms with Gasteiger partial charge < -0.3 is 9.88 Å². The van der Waals surface area contributed by atoms with E-state index in [0.717, 1.165) is 13.1 Å². The van der Waals surface area contributed by atoms with Crippen molar-refractivity contribution in [3.63, 3.8) is 0 Å². The Morgan fingerprint density at radius 1 is 1.56 bits per heavy atom. The summed E-state index contributed by atoms with van der Waals surface area (Å²) in [6, 6.07) is 2.17. The first-order valence-corrected chi connectivity index (χ1v) is 5.94. The molecule has 0 atom stereocenters. The van der Waals surface area contributed by atoms with E-state index in [1.165, 1.54) is 10.6 Å². The molecule has 0 aliphatic carbocycles. The van der Waals surface area contributed by atoms with Crippen LogP contribution in [0.15, 0.2) is 30.2 Å². The van der Waals surface area contributed by atoms with E-state index >= 15 is 0 Å². The number of rotatable bonds is 4. The van der Waals surface area contributed by atoms with Gasteiger partial charge in [-0.3, -0.25) is 0 Å². The summed E-state index contributed by atoms with van der Waals surface area (Å²) < 4.78 is 2.01. The maximum absolute atomic E-state index is 4.03. The normalized spacial score (nSPS) is 9.81. The molecule has 0 saturated carbocycles. The van der Waals surface area contributed by atoms with Gasteiger partial charge in [-0.15, -0.1) is 17.3 Å². The lowest BCUT2D eigenvalue weighted by Crippen LogP contribution is -2.11. The zero-order valence-corrected chi connectivity index (χ0v) is 9.92. The van der Waals surface area contributed by atoms with Gasteiger partial charge in [0.25, 0.3) is 0 Å². The Hall–Kier alpha value is -1.57. The molecule has 16 heavy (non-hydrogen) atoms. The second-order valence-corrected chi connectivity index (χ2v) is 4.27. The molecule has 82 valence electrons. The van der Waals surface area contributed by atoms with Crippen molar-refractivity contribution < 1.29 is 0 Å². The molecule has 2 aromatic rings. The van der Waals surface area contributed by atoms with E-state index in [0.29, 0.717) is 0 Å². The summed E-state index contributed by atoms with van der Waals surface area (Å²) in [7, 11) is 0. The van der Waals surface area contributed by atoms with Gasteiger partial charge >= 0.3 is 0 Å². The number of imidazole rings is 1. The van der Waals surface area contributed by atoms with Gasteiger partial charge in [0, 0.05) is 29.2 Å². The van der Waals surface area contributed by atoms with Gasteiger partial charge in [0.05, 0.1) is 18.6 Å². The average molecular weight is 231 g/mol. The molecule has 0 aliphatic heterocycles. The molecule has 2 aromatic heterocycles. The largest absolute Gasteiger partial charge is 0.305 e. The van der Waals surface area contributed by atoms with Gasteiger partial charge in [0.2, 0.25) is 0 Å². The van der Waals surface area contributed by atoms with Gasteiger partial charge in [-0.2, -0.15) is 0 Å². The van der Waals surface area contributed by atoms with E-state index in [2.05, 4.69) is 33.6 Å². The smallest absolute Gasteiger partial charge is 0.0991 e. The van der Waals surface area contributed by atoms with Gasteiger partial charge in [-0.05, 0) is 13.0 Å². The topological polar surface area (TPSA) is 29.9 Å². The Morgan fingerprint density at radius 3 is 3.25 bits per heavy atom. The SMILES string of the molecule is CC#CCNCc1cc(-n2ccnc2)cs1. The number of hydrogen-bond acceptors (Lipinski definition) is 3. The predicted octanol–water partition coefficient (Wildman–Crippen LogP) is 2.05. The van der Waals surface area contributed by atoms with Gasteiger partial charge in [-0.25, -0.2) is 4.98 Å². The highest BCUT2D eigenvalue weighted by atomic mass is 32.1. The molecule has 0 amide bonds. The van der Waals surface area contributed by atoms with Crippen molar-refractivity contribution >= 4 is 11.3 Å². The van der Waals surface area contributed by atoms with E-state index < -0.39 is 0 Å². The van der Waals surface area contributed by atoms with E-state index in [1.54, 1.807) is 17.5 Å². The Labute approximate surface area is 99.1 Å². The summed E-state index contributed by atoms with van der Waals surface area (Å²) >= 11 is 1.75. The Kier molecular flexibility index (Phi) is 3.76. The first-order chi connectivity index (χ1) is 7.90. The van der Waals surface area contributed by atoms with Crippen molar-refractivity contribution in [3.8, 4) is 17.5 Å². The quantitative estimate of drug-likeness (QED) is 0.644. The number of aromatic nitrogens is 2. The fourth-order valence-corrected chi connectivity index (χ4v) is 2.18. The molecular formula is C12H13N3S. The molecule has 3 nitrogen and oxygen atoms in total. The minimum atomic E-state index is 0.745. The molecule has 0 bridgehead atoms. The van der Waals surface area contributed by atoms with Crippen LogP contribution in [0.3, 0.4) is 0 Å². The van der Waals surface area contributed by atoms with Crippen LogP contribution in [0.2, 0.25) is 0 Å². The first-order valence-electron chi connectivity index (χ1n) is 5.06. The van der Waals surface area contributed by atoms with Crippen LogP contribution >= 0.6 is 11.3 Å². The lowest BCUT2D eigenvalue weighted by Gasteiger charge is -1.97. The monoisotopic (exact) mass is 231 g/mol. The highest BCUT2D eigenvalue weighted by Crippen LogP contribution is 2.17. The minimum Gasteiger partial charge on any atom is -0.305 e. The van der Waals surface area contributed by atoms with Crippen molar-refractivity contribution in [2.45, 2.75) is 13.5 Å². The van der Waals surface area contributed by atoms with Crippen molar-refractivity contribution in [2.24, 2.45) is 0 Å². The minimum absolute atomic E-state index is 0.745. The second kappa shape index (κ2) is 5.50. The summed E-state index contributed by atoms with van der Waals surface area (Å²) in [6.45, 7) is 3.47. The van der Waals surface area contributed by atoms with Crippen LogP contribution in [0, 0.1) is 11.8 Å². The van der Waals surface area contributed by atoms with Crippen molar-refractivity contribution in [1.29, 1.82) is 0 Å². The zero-order valence-electron chi connectivity index (χ0n) is 9.10. The molecule has 0 spiro atoms.